The van der Waals surface area contributed by atoms with Gasteiger partial charge in [-0.15, -0.1) is 6.58 Å². The minimum absolute atomic E-state index is 0.902. The van der Waals surface area contributed by atoms with Crippen molar-refractivity contribution < 1.29 is 0 Å². The molecule has 0 spiro atoms. The molecule has 0 fully saturated rings. The lowest BCUT2D eigenvalue weighted by Gasteiger charge is -2.11. The monoisotopic (exact) mass is 326 g/mol. The van der Waals surface area contributed by atoms with Crippen LogP contribution in [0.3, 0.4) is 0 Å². The summed E-state index contributed by atoms with van der Waals surface area (Å²) in [5.74, 6) is 0.902. The highest BCUT2D eigenvalue weighted by Gasteiger charge is 2.02. The van der Waals surface area contributed by atoms with Gasteiger partial charge in [-0.2, -0.15) is 0 Å². The highest BCUT2D eigenvalue weighted by Crippen LogP contribution is 2.17. The van der Waals surface area contributed by atoms with Crippen molar-refractivity contribution >= 4 is 0 Å². The largest absolute Gasteiger partial charge is 0.103 e. The van der Waals surface area contributed by atoms with Gasteiger partial charge in [0.25, 0.3) is 0 Å². The highest BCUT2D eigenvalue weighted by molar-refractivity contribution is 4.72. The number of rotatable bonds is 13. The number of hydrogen-bond donors (Lipinski definition) is 0. The number of unbranched alkanes of at least 4 members (excludes halogenated alkanes) is 8. The van der Waals surface area contributed by atoms with Crippen molar-refractivity contribution in [2.24, 2.45) is 5.92 Å². The fourth-order valence-corrected chi connectivity index (χ4v) is 2.26. The van der Waals surface area contributed by atoms with E-state index in [1.54, 1.807) is 0 Å². The molecule has 0 aromatic carbocycles. The third kappa shape index (κ3) is 34.2. The molecule has 0 nitrogen and oxygen atoms in total. The molecule has 0 saturated carbocycles. The average Bonchev–Trinajstić information content (AvgIpc) is 2.59. The lowest BCUT2D eigenvalue weighted by atomic mass is 9.95. The van der Waals surface area contributed by atoms with Crippen LogP contribution < -0.4 is 0 Å². The van der Waals surface area contributed by atoms with Crippen molar-refractivity contribution in [2.45, 2.75) is 131 Å². The molecule has 0 rings (SSSR count). The zero-order chi connectivity index (χ0) is 18.2. The number of allylic oxidation sites excluding steroid dienone is 1. The molecule has 0 amide bonds. The third-order valence-electron chi connectivity index (χ3n) is 4.25. The molecule has 1 unspecified atom stereocenters. The molecule has 1 atom stereocenters. The minimum atomic E-state index is 0.902. The lowest BCUT2D eigenvalue weighted by Crippen LogP contribution is -1.96. The Morgan fingerprint density at radius 2 is 1.04 bits per heavy atom. The molecular weight excluding hydrogens is 276 g/mol. The van der Waals surface area contributed by atoms with Crippen LogP contribution in [0.25, 0.3) is 0 Å². The minimum Gasteiger partial charge on any atom is -0.103 e. The van der Waals surface area contributed by atoms with Crippen LogP contribution >= 0.6 is 0 Å². The molecule has 0 radical (unpaired) electrons. The molecule has 0 bridgehead atoms. The van der Waals surface area contributed by atoms with Crippen LogP contribution in [-0.2, 0) is 0 Å². The lowest BCUT2D eigenvalue weighted by molar-refractivity contribution is 0.446. The summed E-state index contributed by atoms with van der Waals surface area (Å²) in [6.07, 6.45) is 21.2. The Bertz CT molecular complexity index is 165. The first-order valence-corrected chi connectivity index (χ1v) is 10.8. The molecule has 0 aliphatic rings. The van der Waals surface area contributed by atoms with Crippen LogP contribution in [0.2, 0.25) is 0 Å². The Labute approximate surface area is 150 Å². The summed E-state index contributed by atoms with van der Waals surface area (Å²) >= 11 is 0. The predicted molar refractivity (Wildman–Crippen MR) is 112 cm³/mol. The van der Waals surface area contributed by atoms with Crippen molar-refractivity contribution in [1.29, 1.82) is 0 Å². The Hall–Kier alpha value is -0.260. The van der Waals surface area contributed by atoms with Crippen LogP contribution in [0.15, 0.2) is 12.7 Å². The molecule has 0 heteroatoms. The van der Waals surface area contributed by atoms with E-state index in [1.165, 1.54) is 89.9 Å². The van der Waals surface area contributed by atoms with Crippen LogP contribution in [-0.4, -0.2) is 0 Å². The van der Waals surface area contributed by atoms with E-state index >= 15 is 0 Å². The second kappa shape index (κ2) is 29.7. The van der Waals surface area contributed by atoms with Gasteiger partial charge in [0.1, 0.15) is 0 Å². The van der Waals surface area contributed by atoms with Crippen molar-refractivity contribution in [3.8, 4) is 0 Å². The van der Waals surface area contributed by atoms with Gasteiger partial charge in [0, 0.05) is 0 Å². The van der Waals surface area contributed by atoms with Crippen molar-refractivity contribution in [2.75, 3.05) is 0 Å². The Morgan fingerprint density at radius 1 is 0.609 bits per heavy atom. The topological polar surface area (TPSA) is 0 Å². The zero-order valence-corrected chi connectivity index (χ0v) is 17.8. The summed E-state index contributed by atoms with van der Waals surface area (Å²) in [7, 11) is 0. The quantitative estimate of drug-likeness (QED) is 0.233. The molecule has 0 heterocycles. The molecule has 0 aliphatic carbocycles. The Morgan fingerprint density at radius 3 is 1.35 bits per heavy atom. The van der Waals surface area contributed by atoms with E-state index in [0.29, 0.717) is 0 Å². The van der Waals surface area contributed by atoms with E-state index in [4.69, 9.17) is 0 Å². The summed E-state index contributed by atoms with van der Waals surface area (Å²) < 4.78 is 0. The van der Waals surface area contributed by atoms with E-state index in [0.717, 1.165) is 5.92 Å². The molecule has 0 aliphatic heterocycles. The molecule has 0 N–H and O–H groups in total. The predicted octanol–water partition coefficient (Wildman–Crippen LogP) is 9.34. The zero-order valence-electron chi connectivity index (χ0n) is 17.8. The van der Waals surface area contributed by atoms with Gasteiger partial charge < -0.3 is 0 Å². The van der Waals surface area contributed by atoms with Crippen LogP contribution in [0.1, 0.15) is 131 Å². The van der Waals surface area contributed by atoms with Gasteiger partial charge in [-0.1, -0.05) is 131 Å². The molecule has 0 saturated heterocycles. The maximum Gasteiger partial charge on any atom is -0.0325 e. The summed E-state index contributed by atoms with van der Waals surface area (Å²) in [5, 5.41) is 0. The van der Waals surface area contributed by atoms with E-state index in [9.17, 15) is 0 Å². The van der Waals surface area contributed by atoms with Gasteiger partial charge in [-0.05, 0) is 12.3 Å². The molecule has 142 valence electrons. The van der Waals surface area contributed by atoms with Gasteiger partial charge in [0.15, 0.2) is 0 Å². The maximum atomic E-state index is 3.79. The first-order valence-electron chi connectivity index (χ1n) is 10.8. The summed E-state index contributed by atoms with van der Waals surface area (Å²) in [6, 6.07) is 0. The van der Waals surface area contributed by atoms with Gasteiger partial charge in [-0.25, -0.2) is 0 Å². The van der Waals surface area contributed by atoms with Gasteiger partial charge in [-0.3, -0.25) is 0 Å². The van der Waals surface area contributed by atoms with Crippen molar-refractivity contribution in [3.05, 3.63) is 12.7 Å². The molecular formula is C23H50. The highest BCUT2D eigenvalue weighted by atomic mass is 14.1. The average molecular weight is 327 g/mol. The second-order valence-corrected chi connectivity index (χ2v) is 6.71. The standard InChI is InChI=1S/C12H24.C7H16.C4H10/c1-4-7-8-9-11-12(6-3)10-5-2;1-3-5-7-6-4-2;1-3-4-2/h5,12H,2,4,6-11H2,1,3H3;3-7H2,1-2H3;3-4H2,1-2H3. The van der Waals surface area contributed by atoms with E-state index in [2.05, 4.69) is 54.2 Å². The first-order chi connectivity index (χ1) is 11.2. The maximum absolute atomic E-state index is 3.79. The fraction of sp³-hybridized carbons (Fsp3) is 0.913. The van der Waals surface area contributed by atoms with E-state index in [1.807, 2.05) is 0 Å². The van der Waals surface area contributed by atoms with Crippen LogP contribution in [0.4, 0.5) is 0 Å². The Balaban J connectivity index is -0.000000307. The molecule has 23 heavy (non-hydrogen) atoms. The number of hydrogen-bond acceptors (Lipinski definition) is 0. The first kappa shape index (κ1) is 27.6. The SMILES string of the molecule is C=CCC(CC)CCCCCC.CCCC.CCCCCCC. The van der Waals surface area contributed by atoms with Crippen LogP contribution in [0.5, 0.6) is 0 Å². The van der Waals surface area contributed by atoms with E-state index < -0.39 is 0 Å². The van der Waals surface area contributed by atoms with Gasteiger partial charge >= 0.3 is 0 Å². The second-order valence-electron chi connectivity index (χ2n) is 6.71. The van der Waals surface area contributed by atoms with Crippen molar-refractivity contribution in [3.63, 3.8) is 0 Å². The van der Waals surface area contributed by atoms with Crippen LogP contribution in [0, 0.1) is 5.92 Å². The summed E-state index contributed by atoms with van der Waals surface area (Å²) in [6.45, 7) is 17.2. The van der Waals surface area contributed by atoms with Crippen molar-refractivity contribution in [1.82, 2.24) is 0 Å². The van der Waals surface area contributed by atoms with Gasteiger partial charge in [0.2, 0.25) is 0 Å². The summed E-state index contributed by atoms with van der Waals surface area (Å²) in [5.41, 5.74) is 0. The normalized spacial score (nSPS) is 10.9. The Kier molecular flexibility index (Phi) is 35.6. The molecule has 0 aromatic heterocycles. The summed E-state index contributed by atoms with van der Waals surface area (Å²) in [4.78, 5) is 0. The fourth-order valence-electron chi connectivity index (χ4n) is 2.26. The van der Waals surface area contributed by atoms with Gasteiger partial charge in [0.05, 0.1) is 0 Å². The third-order valence-corrected chi connectivity index (χ3v) is 4.25. The smallest absolute Gasteiger partial charge is 0.0325 e. The van der Waals surface area contributed by atoms with E-state index in [-0.39, 0.29) is 0 Å². The molecule has 0 aromatic rings.